The minimum Gasteiger partial charge on any atom is -0.493 e. The number of esters is 1. The Hall–Kier alpha value is -4.53. The average molecular weight is 478 g/mol. The molecule has 0 unspecified atom stereocenters. The van der Waals surface area contributed by atoms with Gasteiger partial charge in [0.1, 0.15) is 5.75 Å². The zero-order valence-corrected chi connectivity index (χ0v) is 20.0. The summed E-state index contributed by atoms with van der Waals surface area (Å²) < 4.78 is 21.2. The van der Waals surface area contributed by atoms with Crippen LogP contribution in [0.4, 0.5) is 5.69 Å². The van der Waals surface area contributed by atoms with Gasteiger partial charge in [0.25, 0.3) is 5.91 Å². The SMILES string of the molecule is COc1cc(C(=O)Oc2ccc(/C=N\NC(=O)CNc3ccc(C)cc3)cc2)cc(OC)c1OC. The number of aryl methyl sites for hydroxylation is 1. The van der Waals surface area contributed by atoms with E-state index in [1.165, 1.54) is 39.7 Å². The Labute approximate surface area is 203 Å². The van der Waals surface area contributed by atoms with Crippen LogP contribution in [0.1, 0.15) is 21.5 Å². The maximum Gasteiger partial charge on any atom is 0.343 e. The predicted molar refractivity (Wildman–Crippen MR) is 133 cm³/mol. The molecule has 0 spiro atoms. The van der Waals surface area contributed by atoms with E-state index in [-0.39, 0.29) is 18.0 Å². The van der Waals surface area contributed by atoms with Crippen molar-refractivity contribution in [2.45, 2.75) is 6.92 Å². The lowest BCUT2D eigenvalue weighted by Crippen LogP contribution is -2.25. The summed E-state index contributed by atoms with van der Waals surface area (Å²) in [5.74, 6) is 0.556. The van der Waals surface area contributed by atoms with E-state index in [9.17, 15) is 9.59 Å². The highest BCUT2D eigenvalue weighted by Crippen LogP contribution is 2.38. The summed E-state index contributed by atoms with van der Waals surface area (Å²) in [5.41, 5.74) is 5.41. The van der Waals surface area contributed by atoms with Crippen molar-refractivity contribution in [3.63, 3.8) is 0 Å². The van der Waals surface area contributed by atoms with Gasteiger partial charge in [-0.15, -0.1) is 0 Å². The van der Waals surface area contributed by atoms with Gasteiger partial charge in [-0.2, -0.15) is 5.10 Å². The van der Waals surface area contributed by atoms with Crippen molar-refractivity contribution in [1.82, 2.24) is 5.43 Å². The number of hydrogen-bond acceptors (Lipinski definition) is 8. The van der Waals surface area contributed by atoms with E-state index in [4.69, 9.17) is 18.9 Å². The summed E-state index contributed by atoms with van der Waals surface area (Å²) in [6, 6.07) is 17.4. The third kappa shape index (κ3) is 6.97. The van der Waals surface area contributed by atoms with Crippen LogP contribution in [0.15, 0.2) is 65.8 Å². The lowest BCUT2D eigenvalue weighted by atomic mass is 10.2. The number of benzene rings is 3. The minimum absolute atomic E-state index is 0.0935. The summed E-state index contributed by atoms with van der Waals surface area (Å²) in [6.07, 6.45) is 1.49. The Morgan fingerprint density at radius 3 is 2.09 bits per heavy atom. The topological polar surface area (TPSA) is 107 Å². The number of carbonyl (C=O) groups excluding carboxylic acids is 2. The molecule has 0 aliphatic heterocycles. The molecule has 0 atom stereocenters. The smallest absolute Gasteiger partial charge is 0.343 e. The number of rotatable bonds is 10. The highest BCUT2D eigenvalue weighted by molar-refractivity contribution is 5.93. The number of hydrogen-bond donors (Lipinski definition) is 2. The van der Waals surface area contributed by atoms with Crippen molar-refractivity contribution in [3.8, 4) is 23.0 Å². The Bertz CT molecular complexity index is 1170. The summed E-state index contributed by atoms with van der Waals surface area (Å²) in [4.78, 5) is 24.6. The number of hydrazone groups is 1. The van der Waals surface area contributed by atoms with E-state index < -0.39 is 5.97 Å². The van der Waals surface area contributed by atoms with Crippen LogP contribution in [0.25, 0.3) is 0 Å². The molecule has 0 radical (unpaired) electrons. The predicted octanol–water partition coefficient (Wildman–Crippen LogP) is 3.80. The molecule has 0 bridgehead atoms. The molecule has 0 saturated heterocycles. The zero-order chi connectivity index (χ0) is 25.2. The van der Waals surface area contributed by atoms with E-state index >= 15 is 0 Å². The van der Waals surface area contributed by atoms with E-state index in [0.717, 1.165) is 11.3 Å². The van der Waals surface area contributed by atoms with Gasteiger partial charge in [-0.1, -0.05) is 17.7 Å². The number of ether oxygens (including phenoxy) is 4. The Morgan fingerprint density at radius 2 is 1.51 bits per heavy atom. The molecule has 0 heterocycles. The Morgan fingerprint density at radius 1 is 0.886 bits per heavy atom. The normalized spacial score (nSPS) is 10.5. The molecule has 9 nitrogen and oxygen atoms in total. The quantitative estimate of drug-likeness (QED) is 0.198. The largest absolute Gasteiger partial charge is 0.493 e. The van der Waals surface area contributed by atoms with Crippen LogP contribution in [-0.2, 0) is 4.79 Å². The number of anilines is 1. The molecule has 0 fully saturated rings. The molecular formula is C26H27N3O6. The number of amides is 1. The third-order valence-corrected chi connectivity index (χ3v) is 4.90. The molecule has 0 aliphatic rings. The van der Waals surface area contributed by atoms with Gasteiger partial charge < -0.3 is 24.3 Å². The molecule has 9 heteroatoms. The van der Waals surface area contributed by atoms with Crippen LogP contribution in [-0.4, -0.2) is 46.0 Å². The first-order valence-corrected chi connectivity index (χ1v) is 10.7. The van der Waals surface area contributed by atoms with Crippen LogP contribution < -0.4 is 29.7 Å². The van der Waals surface area contributed by atoms with Gasteiger partial charge in [0.05, 0.1) is 39.7 Å². The van der Waals surface area contributed by atoms with Gasteiger partial charge in [-0.25, -0.2) is 10.2 Å². The third-order valence-electron chi connectivity index (χ3n) is 4.90. The fraction of sp³-hybridized carbons (Fsp3) is 0.192. The summed E-state index contributed by atoms with van der Waals surface area (Å²) in [6.45, 7) is 2.09. The molecule has 0 saturated carbocycles. The first-order valence-electron chi connectivity index (χ1n) is 10.7. The second-order valence-electron chi connectivity index (χ2n) is 7.39. The number of nitrogens with zero attached hydrogens (tertiary/aromatic N) is 1. The number of carbonyl (C=O) groups is 2. The van der Waals surface area contributed by atoms with Gasteiger partial charge in [-0.05, 0) is 61.0 Å². The maximum atomic E-state index is 12.6. The Kier molecular flexibility index (Phi) is 8.66. The number of nitrogens with one attached hydrogen (secondary N) is 2. The summed E-state index contributed by atoms with van der Waals surface area (Å²) in [5, 5.41) is 6.97. The molecule has 0 aromatic heterocycles. The van der Waals surface area contributed by atoms with E-state index in [1.807, 2.05) is 31.2 Å². The van der Waals surface area contributed by atoms with Crippen LogP contribution in [0, 0.1) is 6.92 Å². The highest BCUT2D eigenvalue weighted by atomic mass is 16.5. The Balaban J connectivity index is 1.54. The molecule has 3 rings (SSSR count). The molecule has 1 amide bonds. The van der Waals surface area contributed by atoms with Crippen LogP contribution >= 0.6 is 0 Å². The van der Waals surface area contributed by atoms with Gasteiger partial charge >= 0.3 is 5.97 Å². The van der Waals surface area contributed by atoms with E-state index in [2.05, 4.69) is 15.8 Å². The summed E-state index contributed by atoms with van der Waals surface area (Å²) >= 11 is 0. The lowest BCUT2D eigenvalue weighted by molar-refractivity contribution is -0.119. The number of methoxy groups -OCH3 is 3. The molecular weight excluding hydrogens is 450 g/mol. The first kappa shape index (κ1) is 25.1. The lowest BCUT2D eigenvalue weighted by Gasteiger charge is -2.13. The zero-order valence-electron chi connectivity index (χ0n) is 20.0. The van der Waals surface area contributed by atoms with Crippen LogP contribution in [0.2, 0.25) is 0 Å². The van der Waals surface area contributed by atoms with E-state index in [1.54, 1.807) is 24.3 Å². The molecule has 182 valence electrons. The first-order chi connectivity index (χ1) is 16.9. The standard InChI is InChI=1S/C26H27N3O6/c1-17-5-9-20(10-6-17)27-16-24(30)29-28-15-18-7-11-21(12-8-18)35-26(31)19-13-22(32-2)25(34-4)23(14-19)33-3/h5-15,27H,16H2,1-4H3,(H,29,30)/b28-15-. The molecule has 2 N–H and O–H groups in total. The van der Waals surface area contributed by atoms with Crippen molar-refractivity contribution in [2.24, 2.45) is 5.10 Å². The van der Waals surface area contributed by atoms with Gasteiger partial charge in [-0.3, -0.25) is 4.79 Å². The summed E-state index contributed by atoms with van der Waals surface area (Å²) in [7, 11) is 4.42. The fourth-order valence-corrected chi connectivity index (χ4v) is 3.06. The average Bonchev–Trinajstić information content (AvgIpc) is 2.88. The van der Waals surface area contributed by atoms with Gasteiger partial charge in [0.15, 0.2) is 11.5 Å². The molecule has 3 aromatic carbocycles. The maximum absolute atomic E-state index is 12.6. The van der Waals surface area contributed by atoms with Crippen LogP contribution in [0.5, 0.6) is 23.0 Å². The molecule has 35 heavy (non-hydrogen) atoms. The fourth-order valence-electron chi connectivity index (χ4n) is 3.06. The second-order valence-corrected chi connectivity index (χ2v) is 7.39. The second kappa shape index (κ2) is 12.1. The van der Waals surface area contributed by atoms with Crippen molar-refractivity contribution < 1.29 is 28.5 Å². The van der Waals surface area contributed by atoms with Crippen molar-refractivity contribution in [3.05, 3.63) is 77.4 Å². The molecule has 0 aliphatic carbocycles. The van der Waals surface area contributed by atoms with Crippen molar-refractivity contribution in [2.75, 3.05) is 33.2 Å². The van der Waals surface area contributed by atoms with Crippen LogP contribution in [0.3, 0.4) is 0 Å². The van der Waals surface area contributed by atoms with Gasteiger partial charge in [0.2, 0.25) is 5.75 Å². The molecule has 3 aromatic rings. The van der Waals surface area contributed by atoms with Crippen molar-refractivity contribution in [1.29, 1.82) is 0 Å². The highest BCUT2D eigenvalue weighted by Gasteiger charge is 2.18. The van der Waals surface area contributed by atoms with E-state index in [0.29, 0.717) is 28.6 Å². The van der Waals surface area contributed by atoms with Crippen molar-refractivity contribution >= 4 is 23.8 Å². The monoisotopic (exact) mass is 477 g/mol. The minimum atomic E-state index is -0.584. The van der Waals surface area contributed by atoms with Gasteiger partial charge in [0, 0.05) is 5.69 Å².